The summed E-state index contributed by atoms with van der Waals surface area (Å²) < 4.78 is 6.46. The van der Waals surface area contributed by atoms with Crippen LogP contribution < -0.4 is 4.74 Å². The van der Waals surface area contributed by atoms with E-state index in [-0.39, 0.29) is 0 Å². The lowest BCUT2D eigenvalue weighted by molar-refractivity contribution is 0.472. The van der Waals surface area contributed by atoms with Crippen molar-refractivity contribution in [2.45, 2.75) is 26.7 Å². The molecule has 0 atom stereocenters. The monoisotopic (exact) mass is 378 g/mol. The van der Waals surface area contributed by atoms with Crippen molar-refractivity contribution in [1.29, 1.82) is 0 Å². The predicted molar refractivity (Wildman–Crippen MR) is 121 cm³/mol. The quantitative estimate of drug-likeness (QED) is 0.342. The third kappa shape index (κ3) is 4.57. The van der Waals surface area contributed by atoms with E-state index < -0.39 is 0 Å². The Labute approximate surface area is 173 Å². The minimum absolute atomic E-state index is 0.864. The van der Waals surface area contributed by atoms with Crippen molar-refractivity contribution in [3.05, 3.63) is 130 Å². The molecule has 4 aromatic rings. The van der Waals surface area contributed by atoms with E-state index in [1.54, 1.807) is 0 Å². The van der Waals surface area contributed by atoms with Gasteiger partial charge in [-0.15, -0.1) is 0 Å². The van der Waals surface area contributed by atoms with E-state index in [2.05, 4.69) is 98.8 Å². The van der Waals surface area contributed by atoms with Crippen molar-refractivity contribution in [3.8, 4) is 11.5 Å². The van der Waals surface area contributed by atoms with Crippen LogP contribution in [0.2, 0.25) is 0 Å². The fourth-order valence-electron chi connectivity index (χ4n) is 3.64. The Bertz CT molecular complexity index is 1020. The molecule has 0 radical (unpaired) electrons. The van der Waals surface area contributed by atoms with Gasteiger partial charge in [-0.05, 0) is 59.4 Å². The molecule has 0 saturated heterocycles. The van der Waals surface area contributed by atoms with Crippen molar-refractivity contribution < 1.29 is 4.74 Å². The topological polar surface area (TPSA) is 9.23 Å². The average molecular weight is 379 g/mol. The zero-order valence-corrected chi connectivity index (χ0v) is 17.1. The number of hydrogen-bond acceptors (Lipinski definition) is 1. The minimum atomic E-state index is 0.864. The lowest BCUT2D eigenvalue weighted by Crippen LogP contribution is -1.98. The fourth-order valence-corrected chi connectivity index (χ4v) is 3.64. The number of aryl methyl sites for hydroxylation is 2. The maximum atomic E-state index is 6.46. The normalized spacial score (nSPS) is 10.7. The molecule has 0 fully saturated rings. The SMILES string of the molecule is Cc1ccccc1Cc1ccccc1Oc1ccccc1Cc1ccccc1C. The standard InChI is InChI=1S/C28H26O/c1-21-11-3-5-13-23(21)19-25-15-7-9-17-27(25)29-28-18-10-8-16-26(28)20-24-14-6-4-12-22(24)2/h3-18H,19-20H2,1-2H3. The van der Waals surface area contributed by atoms with Gasteiger partial charge in [-0.1, -0.05) is 84.9 Å². The molecule has 0 aliphatic carbocycles. The Hall–Kier alpha value is -3.32. The highest BCUT2D eigenvalue weighted by atomic mass is 16.5. The van der Waals surface area contributed by atoms with Gasteiger partial charge < -0.3 is 4.74 Å². The van der Waals surface area contributed by atoms with Crippen molar-refractivity contribution in [3.63, 3.8) is 0 Å². The van der Waals surface area contributed by atoms with Crippen molar-refractivity contribution >= 4 is 0 Å². The highest BCUT2D eigenvalue weighted by Gasteiger charge is 2.11. The molecule has 29 heavy (non-hydrogen) atoms. The van der Waals surface area contributed by atoms with Crippen molar-refractivity contribution in [2.24, 2.45) is 0 Å². The number of hydrogen-bond donors (Lipinski definition) is 0. The van der Waals surface area contributed by atoms with E-state index in [0.717, 1.165) is 24.3 Å². The first-order chi connectivity index (χ1) is 14.2. The summed E-state index contributed by atoms with van der Waals surface area (Å²) in [6, 6.07) is 33.8. The van der Waals surface area contributed by atoms with E-state index in [1.807, 2.05) is 12.1 Å². The van der Waals surface area contributed by atoms with E-state index in [4.69, 9.17) is 4.74 Å². The molecular weight excluding hydrogens is 352 g/mol. The smallest absolute Gasteiger partial charge is 0.130 e. The Morgan fingerprint density at radius 1 is 0.448 bits per heavy atom. The van der Waals surface area contributed by atoms with Gasteiger partial charge in [0.05, 0.1) is 0 Å². The molecule has 0 spiro atoms. The van der Waals surface area contributed by atoms with Crippen LogP contribution in [0.4, 0.5) is 0 Å². The maximum absolute atomic E-state index is 6.46. The Morgan fingerprint density at radius 2 is 0.793 bits per heavy atom. The van der Waals surface area contributed by atoms with Crippen LogP contribution in [-0.2, 0) is 12.8 Å². The molecule has 144 valence electrons. The highest BCUT2D eigenvalue weighted by Crippen LogP contribution is 2.31. The van der Waals surface area contributed by atoms with Gasteiger partial charge in [0.15, 0.2) is 0 Å². The molecule has 0 aliphatic heterocycles. The van der Waals surface area contributed by atoms with Crippen LogP contribution in [0.5, 0.6) is 11.5 Å². The zero-order valence-electron chi connectivity index (χ0n) is 17.1. The van der Waals surface area contributed by atoms with Gasteiger partial charge in [0.1, 0.15) is 11.5 Å². The van der Waals surface area contributed by atoms with Crippen LogP contribution in [-0.4, -0.2) is 0 Å². The summed E-state index contributed by atoms with van der Waals surface area (Å²) in [7, 11) is 0. The summed E-state index contributed by atoms with van der Waals surface area (Å²) >= 11 is 0. The Balaban J connectivity index is 1.62. The van der Waals surface area contributed by atoms with E-state index in [0.29, 0.717) is 0 Å². The average Bonchev–Trinajstić information content (AvgIpc) is 2.74. The largest absolute Gasteiger partial charge is 0.457 e. The van der Waals surface area contributed by atoms with Crippen LogP contribution in [0.1, 0.15) is 33.4 Å². The highest BCUT2D eigenvalue weighted by molar-refractivity contribution is 5.46. The second-order valence-corrected chi connectivity index (χ2v) is 7.52. The molecule has 0 aromatic heterocycles. The summed E-state index contributed by atoms with van der Waals surface area (Å²) in [4.78, 5) is 0. The third-order valence-corrected chi connectivity index (χ3v) is 5.45. The van der Waals surface area contributed by atoms with Gasteiger partial charge in [0.25, 0.3) is 0 Å². The summed E-state index contributed by atoms with van der Waals surface area (Å²) in [6.07, 6.45) is 1.73. The first-order valence-electron chi connectivity index (χ1n) is 10.1. The van der Waals surface area contributed by atoms with Gasteiger partial charge in [-0.25, -0.2) is 0 Å². The number of rotatable bonds is 6. The van der Waals surface area contributed by atoms with Gasteiger partial charge in [0.2, 0.25) is 0 Å². The van der Waals surface area contributed by atoms with E-state index >= 15 is 0 Å². The zero-order chi connectivity index (χ0) is 20.1. The summed E-state index contributed by atoms with van der Waals surface area (Å²) in [5.41, 5.74) is 7.68. The van der Waals surface area contributed by atoms with Crippen molar-refractivity contribution in [2.75, 3.05) is 0 Å². The molecule has 1 heteroatoms. The lowest BCUT2D eigenvalue weighted by atomic mass is 9.99. The maximum Gasteiger partial charge on any atom is 0.130 e. The molecule has 0 N–H and O–H groups in total. The van der Waals surface area contributed by atoms with Crippen molar-refractivity contribution in [1.82, 2.24) is 0 Å². The molecule has 0 saturated carbocycles. The molecule has 4 rings (SSSR count). The van der Waals surface area contributed by atoms with Gasteiger partial charge >= 0.3 is 0 Å². The number of ether oxygens (including phenoxy) is 1. The predicted octanol–water partition coefficient (Wildman–Crippen LogP) is 7.28. The van der Waals surface area contributed by atoms with Crippen LogP contribution in [0.3, 0.4) is 0 Å². The number of para-hydroxylation sites is 2. The minimum Gasteiger partial charge on any atom is -0.457 e. The summed E-state index contributed by atoms with van der Waals surface area (Å²) in [5, 5.41) is 0. The second kappa shape index (κ2) is 8.79. The summed E-state index contributed by atoms with van der Waals surface area (Å²) in [6.45, 7) is 4.33. The molecule has 0 unspecified atom stereocenters. The van der Waals surface area contributed by atoms with E-state index in [9.17, 15) is 0 Å². The third-order valence-electron chi connectivity index (χ3n) is 5.45. The molecule has 0 aliphatic rings. The van der Waals surface area contributed by atoms with Gasteiger partial charge in [-0.2, -0.15) is 0 Å². The van der Waals surface area contributed by atoms with Gasteiger partial charge in [-0.3, -0.25) is 0 Å². The molecule has 0 heterocycles. The molecule has 0 amide bonds. The molecular formula is C28H26O. The van der Waals surface area contributed by atoms with Gasteiger partial charge in [0, 0.05) is 12.8 Å². The second-order valence-electron chi connectivity index (χ2n) is 7.52. The number of benzene rings is 4. The van der Waals surface area contributed by atoms with Crippen LogP contribution in [0.15, 0.2) is 97.1 Å². The summed E-state index contributed by atoms with van der Waals surface area (Å²) in [5.74, 6) is 1.85. The Morgan fingerprint density at radius 3 is 1.21 bits per heavy atom. The van der Waals surface area contributed by atoms with Crippen LogP contribution in [0, 0.1) is 13.8 Å². The fraction of sp³-hybridized carbons (Fsp3) is 0.143. The van der Waals surface area contributed by atoms with Crippen LogP contribution in [0.25, 0.3) is 0 Å². The van der Waals surface area contributed by atoms with Crippen LogP contribution >= 0.6 is 0 Å². The Kier molecular flexibility index (Phi) is 5.76. The molecule has 4 aromatic carbocycles. The molecule has 0 bridgehead atoms. The van der Waals surface area contributed by atoms with E-state index in [1.165, 1.54) is 33.4 Å². The molecule has 1 nitrogen and oxygen atoms in total. The first-order valence-corrected chi connectivity index (χ1v) is 10.1. The lowest BCUT2D eigenvalue weighted by Gasteiger charge is -2.15. The first kappa shape index (κ1) is 19.0.